The van der Waals surface area contributed by atoms with Gasteiger partial charge in [-0.25, -0.2) is 4.98 Å². The van der Waals surface area contributed by atoms with Gasteiger partial charge >= 0.3 is 0 Å². The maximum atomic E-state index is 12.6. The Morgan fingerprint density at radius 3 is 3.00 bits per heavy atom. The van der Waals surface area contributed by atoms with E-state index in [4.69, 9.17) is 4.74 Å². The Morgan fingerprint density at radius 2 is 2.27 bits per heavy atom. The third kappa shape index (κ3) is 2.33. The molecule has 1 saturated heterocycles. The highest BCUT2D eigenvalue weighted by atomic mass is 16.5. The van der Waals surface area contributed by atoms with Crippen molar-refractivity contribution in [1.29, 1.82) is 0 Å². The molecule has 0 unspecified atom stereocenters. The van der Waals surface area contributed by atoms with Crippen molar-refractivity contribution in [2.45, 2.75) is 13.0 Å². The number of ketones is 1. The molecule has 1 aliphatic rings. The number of nitrogens with zero attached hydrogens (tertiary/aromatic N) is 2. The molecule has 22 heavy (non-hydrogen) atoms. The summed E-state index contributed by atoms with van der Waals surface area (Å²) in [6, 6.07) is 1.67. The molecule has 0 aliphatic carbocycles. The zero-order valence-electron chi connectivity index (χ0n) is 12.5. The van der Waals surface area contributed by atoms with Gasteiger partial charge in [-0.05, 0) is 13.0 Å². The van der Waals surface area contributed by atoms with Crippen LogP contribution < -0.4 is 10.1 Å². The molecule has 3 rings (SSSR count). The molecule has 2 N–H and O–H groups in total. The first kappa shape index (κ1) is 14.5. The van der Waals surface area contributed by atoms with E-state index in [1.54, 1.807) is 17.2 Å². The molecule has 2 aromatic heterocycles. The van der Waals surface area contributed by atoms with Crippen LogP contribution in [-0.2, 0) is 4.79 Å². The molecule has 0 bridgehead atoms. The van der Waals surface area contributed by atoms with Gasteiger partial charge in [0.25, 0.3) is 11.7 Å². The number of amides is 1. The summed E-state index contributed by atoms with van der Waals surface area (Å²) in [7, 11) is 1.52. The smallest absolute Gasteiger partial charge is 0.295 e. The average molecular weight is 302 g/mol. The first-order valence-corrected chi connectivity index (χ1v) is 7.19. The number of carbonyl (C=O) groups is 2. The topological polar surface area (TPSA) is 87.3 Å². The Hall–Kier alpha value is -2.41. The van der Waals surface area contributed by atoms with Crippen LogP contribution in [0.1, 0.15) is 17.3 Å². The summed E-state index contributed by atoms with van der Waals surface area (Å²) < 4.78 is 5.28. The number of nitrogens with one attached hydrogen (secondary N) is 2. The lowest BCUT2D eigenvalue weighted by Gasteiger charge is -2.33. The van der Waals surface area contributed by atoms with Gasteiger partial charge in [-0.15, -0.1) is 0 Å². The molecule has 1 atom stereocenters. The van der Waals surface area contributed by atoms with Gasteiger partial charge in [-0.1, -0.05) is 0 Å². The molecule has 0 spiro atoms. The van der Waals surface area contributed by atoms with Crippen molar-refractivity contribution in [2.75, 3.05) is 26.7 Å². The minimum Gasteiger partial charge on any atom is -0.496 e. The summed E-state index contributed by atoms with van der Waals surface area (Å²) in [6.07, 6.45) is 3.11. The second kappa shape index (κ2) is 5.76. The zero-order valence-corrected chi connectivity index (χ0v) is 12.5. The number of hydrogen-bond donors (Lipinski definition) is 2. The van der Waals surface area contributed by atoms with Gasteiger partial charge in [0, 0.05) is 38.1 Å². The van der Waals surface area contributed by atoms with Gasteiger partial charge in [0.1, 0.15) is 11.4 Å². The number of H-pyrrole nitrogens is 1. The molecule has 1 aliphatic heterocycles. The van der Waals surface area contributed by atoms with Crippen molar-refractivity contribution in [2.24, 2.45) is 0 Å². The molecular formula is C15H18N4O3. The zero-order chi connectivity index (χ0) is 15.7. The monoisotopic (exact) mass is 302 g/mol. The normalized spacial score (nSPS) is 18.5. The predicted molar refractivity (Wildman–Crippen MR) is 81.0 cm³/mol. The number of aromatic amines is 1. The highest BCUT2D eigenvalue weighted by Crippen LogP contribution is 2.27. The number of ether oxygens (including phenoxy) is 1. The lowest BCUT2D eigenvalue weighted by Crippen LogP contribution is -2.54. The SMILES string of the molecule is COc1ccnc2[nH]cc(C(=O)C(=O)N3CCNC[C@H]3C)c12. The summed E-state index contributed by atoms with van der Waals surface area (Å²) in [5.74, 6) is -0.497. The minimum absolute atomic E-state index is 0.00423. The molecule has 116 valence electrons. The Balaban J connectivity index is 1.97. The molecule has 0 aromatic carbocycles. The van der Waals surface area contributed by atoms with Crippen molar-refractivity contribution >= 4 is 22.7 Å². The molecule has 0 radical (unpaired) electrons. The number of aromatic nitrogens is 2. The molecular weight excluding hydrogens is 284 g/mol. The van der Waals surface area contributed by atoms with Crippen molar-refractivity contribution in [3.05, 3.63) is 24.0 Å². The minimum atomic E-state index is -0.536. The number of Topliss-reactive ketones (excluding diaryl/α,β-unsaturated/α-hetero) is 1. The van der Waals surface area contributed by atoms with E-state index >= 15 is 0 Å². The van der Waals surface area contributed by atoms with Crippen LogP contribution in [0.3, 0.4) is 0 Å². The molecule has 3 heterocycles. The van der Waals surface area contributed by atoms with E-state index in [9.17, 15) is 9.59 Å². The summed E-state index contributed by atoms with van der Waals surface area (Å²) in [4.78, 5) is 33.8. The number of fused-ring (bicyclic) bond motifs is 1. The van der Waals surface area contributed by atoms with Crippen LogP contribution in [0.4, 0.5) is 0 Å². The second-order valence-electron chi connectivity index (χ2n) is 5.32. The van der Waals surface area contributed by atoms with E-state index in [1.165, 1.54) is 13.3 Å². The Morgan fingerprint density at radius 1 is 1.45 bits per heavy atom. The largest absolute Gasteiger partial charge is 0.496 e. The standard InChI is InChI=1S/C15H18N4O3/c1-9-7-16-5-6-19(9)15(21)13(20)10-8-18-14-12(10)11(22-2)3-4-17-14/h3-4,8-9,16H,5-7H2,1-2H3,(H,17,18)/t9-/m1/s1. The van der Waals surface area contributed by atoms with Crippen molar-refractivity contribution in [3.63, 3.8) is 0 Å². The first-order chi connectivity index (χ1) is 10.6. The number of carbonyl (C=O) groups excluding carboxylic acids is 2. The molecule has 1 fully saturated rings. The van der Waals surface area contributed by atoms with Gasteiger partial charge in [0.15, 0.2) is 0 Å². The van der Waals surface area contributed by atoms with E-state index in [-0.39, 0.29) is 6.04 Å². The quantitative estimate of drug-likeness (QED) is 0.639. The van der Waals surface area contributed by atoms with E-state index in [0.29, 0.717) is 42.0 Å². The highest BCUT2D eigenvalue weighted by Gasteiger charge is 2.30. The summed E-state index contributed by atoms with van der Waals surface area (Å²) >= 11 is 0. The van der Waals surface area contributed by atoms with Gasteiger partial charge in [0.05, 0.1) is 18.1 Å². The fourth-order valence-electron chi connectivity index (χ4n) is 2.76. The van der Waals surface area contributed by atoms with Crippen LogP contribution in [0.25, 0.3) is 11.0 Å². The van der Waals surface area contributed by atoms with Gasteiger partial charge < -0.3 is 19.9 Å². The second-order valence-corrected chi connectivity index (χ2v) is 5.32. The lowest BCUT2D eigenvalue weighted by atomic mass is 10.1. The van der Waals surface area contributed by atoms with Gasteiger partial charge in [-0.2, -0.15) is 0 Å². The maximum Gasteiger partial charge on any atom is 0.295 e. The average Bonchev–Trinajstić information content (AvgIpc) is 2.98. The van der Waals surface area contributed by atoms with Crippen LogP contribution in [0.2, 0.25) is 0 Å². The first-order valence-electron chi connectivity index (χ1n) is 7.19. The predicted octanol–water partition coefficient (Wildman–Crippen LogP) is 0.575. The molecule has 1 amide bonds. The van der Waals surface area contributed by atoms with Crippen LogP contribution >= 0.6 is 0 Å². The van der Waals surface area contributed by atoms with Gasteiger partial charge in [0.2, 0.25) is 0 Å². The number of piperazine rings is 1. The van der Waals surface area contributed by atoms with Gasteiger partial charge in [-0.3, -0.25) is 9.59 Å². The van der Waals surface area contributed by atoms with Crippen LogP contribution in [-0.4, -0.2) is 59.3 Å². The summed E-state index contributed by atoms with van der Waals surface area (Å²) in [6.45, 7) is 3.85. The number of pyridine rings is 1. The van der Waals surface area contributed by atoms with Crippen molar-refractivity contribution in [1.82, 2.24) is 20.2 Å². The van der Waals surface area contributed by atoms with Crippen molar-refractivity contribution < 1.29 is 14.3 Å². The number of methoxy groups -OCH3 is 1. The number of hydrogen-bond acceptors (Lipinski definition) is 5. The van der Waals surface area contributed by atoms with Crippen LogP contribution in [0.5, 0.6) is 5.75 Å². The number of rotatable bonds is 3. The van der Waals surface area contributed by atoms with Crippen LogP contribution in [0.15, 0.2) is 18.5 Å². The van der Waals surface area contributed by atoms with E-state index < -0.39 is 11.7 Å². The van der Waals surface area contributed by atoms with E-state index in [1.807, 2.05) is 6.92 Å². The summed E-state index contributed by atoms with van der Waals surface area (Å²) in [5, 5.41) is 3.75. The maximum absolute atomic E-state index is 12.6. The Labute approximate surface area is 127 Å². The Bertz CT molecular complexity index is 725. The Kier molecular flexibility index (Phi) is 3.81. The summed E-state index contributed by atoms with van der Waals surface area (Å²) in [5.41, 5.74) is 0.833. The third-order valence-electron chi connectivity index (χ3n) is 3.96. The van der Waals surface area contributed by atoms with E-state index in [2.05, 4.69) is 15.3 Å². The third-order valence-corrected chi connectivity index (χ3v) is 3.96. The molecule has 0 saturated carbocycles. The lowest BCUT2D eigenvalue weighted by molar-refractivity contribution is -0.129. The van der Waals surface area contributed by atoms with Crippen molar-refractivity contribution in [3.8, 4) is 5.75 Å². The van der Waals surface area contributed by atoms with Crippen LogP contribution in [0, 0.1) is 0 Å². The van der Waals surface area contributed by atoms with E-state index in [0.717, 1.165) is 0 Å². The molecule has 7 nitrogen and oxygen atoms in total. The fourth-order valence-corrected chi connectivity index (χ4v) is 2.76. The highest BCUT2D eigenvalue weighted by molar-refractivity contribution is 6.45. The molecule has 7 heteroatoms. The fraction of sp³-hybridized carbons (Fsp3) is 0.400. The molecule has 2 aromatic rings.